The topological polar surface area (TPSA) is 66.5 Å². The minimum absolute atomic E-state index is 0.182. The molecule has 3 amide bonds. The van der Waals surface area contributed by atoms with Crippen molar-refractivity contribution in [3.63, 3.8) is 0 Å². The minimum atomic E-state index is -0.556. The highest BCUT2D eigenvalue weighted by molar-refractivity contribution is 7.99. The van der Waals surface area contributed by atoms with E-state index in [1.165, 1.54) is 11.8 Å². The van der Waals surface area contributed by atoms with Crippen LogP contribution in [0.15, 0.2) is 58.3 Å². The van der Waals surface area contributed by atoms with Crippen LogP contribution in [0.2, 0.25) is 5.02 Å². The molecule has 7 heteroatoms. The molecule has 0 bridgehead atoms. The minimum Gasteiger partial charge on any atom is -0.323 e. The van der Waals surface area contributed by atoms with Gasteiger partial charge in [-0.2, -0.15) is 0 Å². The lowest BCUT2D eigenvalue weighted by Gasteiger charge is -2.20. The third-order valence-corrected chi connectivity index (χ3v) is 6.89. The molecule has 0 unspecified atom stereocenters. The second kappa shape index (κ2) is 8.20. The predicted molar refractivity (Wildman–Crippen MR) is 113 cm³/mol. The number of hydrogen-bond acceptors (Lipinski definition) is 4. The summed E-state index contributed by atoms with van der Waals surface area (Å²) in [6.45, 7) is -0.237. The van der Waals surface area contributed by atoms with Crippen LogP contribution in [-0.2, 0) is 14.4 Å². The molecule has 2 aromatic carbocycles. The molecular weight excluding hydrogens is 408 g/mol. The van der Waals surface area contributed by atoms with Crippen LogP contribution in [0.25, 0.3) is 0 Å². The fourth-order valence-corrected chi connectivity index (χ4v) is 5.11. The van der Waals surface area contributed by atoms with Crippen LogP contribution in [0.5, 0.6) is 0 Å². The number of likely N-dealkylation sites (tertiary alicyclic amines) is 1. The molecule has 1 saturated carbocycles. The molecule has 1 saturated heterocycles. The van der Waals surface area contributed by atoms with E-state index < -0.39 is 5.41 Å². The van der Waals surface area contributed by atoms with Crippen molar-refractivity contribution in [2.24, 2.45) is 5.41 Å². The first-order valence-corrected chi connectivity index (χ1v) is 10.8. The zero-order chi connectivity index (χ0) is 20.4. The van der Waals surface area contributed by atoms with Gasteiger partial charge in [0, 0.05) is 21.2 Å². The molecule has 1 aliphatic carbocycles. The highest BCUT2D eigenvalue weighted by Gasteiger charge is 2.52. The molecule has 5 nitrogen and oxygen atoms in total. The van der Waals surface area contributed by atoms with Crippen molar-refractivity contribution in [1.29, 1.82) is 0 Å². The molecule has 0 atom stereocenters. The zero-order valence-electron chi connectivity index (χ0n) is 15.8. The Balaban J connectivity index is 1.44. The maximum Gasteiger partial charge on any atom is 0.244 e. The largest absolute Gasteiger partial charge is 0.323 e. The number of rotatable bonds is 5. The Hall–Kier alpha value is -2.31. The molecule has 1 N–H and O–H groups in total. The summed E-state index contributed by atoms with van der Waals surface area (Å²) in [5, 5.41) is 3.52. The number of amides is 3. The van der Waals surface area contributed by atoms with Crippen LogP contribution in [-0.4, -0.2) is 29.2 Å². The van der Waals surface area contributed by atoms with Crippen molar-refractivity contribution < 1.29 is 14.4 Å². The van der Waals surface area contributed by atoms with Crippen molar-refractivity contribution in [2.45, 2.75) is 41.9 Å². The van der Waals surface area contributed by atoms with Gasteiger partial charge in [0.05, 0.1) is 11.1 Å². The molecule has 4 rings (SSSR count). The molecule has 1 spiro atoms. The average molecular weight is 429 g/mol. The van der Waals surface area contributed by atoms with E-state index in [1.807, 2.05) is 48.5 Å². The second-order valence-electron chi connectivity index (χ2n) is 7.55. The number of nitrogens with one attached hydrogen (secondary N) is 1. The van der Waals surface area contributed by atoms with E-state index >= 15 is 0 Å². The van der Waals surface area contributed by atoms with E-state index in [9.17, 15) is 14.4 Å². The molecule has 150 valence electrons. The molecule has 2 aromatic rings. The molecule has 2 fully saturated rings. The Kier molecular flexibility index (Phi) is 5.65. The third kappa shape index (κ3) is 4.19. The lowest BCUT2D eigenvalue weighted by molar-refractivity contribution is -0.143. The molecular formula is C22H21ClN2O3S. The van der Waals surface area contributed by atoms with Gasteiger partial charge in [-0.1, -0.05) is 48.3 Å². The van der Waals surface area contributed by atoms with Gasteiger partial charge in [-0.25, -0.2) is 0 Å². The molecule has 29 heavy (non-hydrogen) atoms. The van der Waals surface area contributed by atoms with Gasteiger partial charge in [0.25, 0.3) is 0 Å². The summed E-state index contributed by atoms with van der Waals surface area (Å²) in [5.74, 6) is -0.791. The number of carbonyl (C=O) groups excluding carboxylic acids is 3. The van der Waals surface area contributed by atoms with Crippen molar-refractivity contribution in [2.75, 3.05) is 11.9 Å². The monoisotopic (exact) mass is 428 g/mol. The van der Waals surface area contributed by atoms with Crippen molar-refractivity contribution in [3.05, 3.63) is 53.6 Å². The van der Waals surface area contributed by atoms with Crippen LogP contribution in [0.1, 0.15) is 32.1 Å². The predicted octanol–water partition coefficient (Wildman–Crippen LogP) is 4.75. The van der Waals surface area contributed by atoms with E-state index in [2.05, 4.69) is 5.32 Å². The number of para-hydroxylation sites is 1. The van der Waals surface area contributed by atoms with Crippen LogP contribution in [0, 0.1) is 5.41 Å². The van der Waals surface area contributed by atoms with Crippen LogP contribution >= 0.6 is 23.4 Å². The summed E-state index contributed by atoms with van der Waals surface area (Å²) >= 11 is 7.44. The van der Waals surface area contributed by atoms with Crippen molar-refractivity contribution in [3.8, 4) is 0 Å². The zero-order valence-corrected chi connectivity index (χ0v) is 17.4. The standard InChI is InChI=1S/C22H21ClN2O3S/c23-15-7-9-16(10-8-15)29-18-6-2-1-5-17(18)24-19(26)14-25-20(27)13-22(21(25)28)11-3-4-12-22/h1-2,5-10H,3-4,11-14H2,(H,24,26). The van der Waals surface area contributed by atoms with Crippen LogP contribution in [0.3, 0.4) is 0 Å². The first kappa shape index (κ1) is 20.0. The Morgan fingerprint density at radius 1 is 1.07 bits per heavy atom. The summed E-state index contributed by atoms with van der Waals surface area (Å²) in [5.41, 5.74) is 0.0896. The van der Waals surface area contributed by atoms with Gasteiger partial charge < -0.3 is 5.32 Å². The third-order valence-electron chi connectivity index (χ3n) is 5.55. The van der Waals surface area contributed by atoms with Gasteiger partial charge in [-0.3, -0.25) is 19.3 Å². The number of anilines is 1. The van der Waals surface area contributed by atoms with Crippen molar-refractivity contribution >= 4 is 46.8 Å². The SMILES string of the molecule is O=C(CN1C(=O)CC2(CCCC2)C1=O)Nc1ccccc1Sc1ccc(Cl)cc1. The molecule has 0 radical (unpaired) electrons. The first-order chi connectivity index (χ1) is 14.0. The number of nitrogens with zero attached hydrogens (tertiary/aromatic N) is 1. The smallest absolute Gasteiger partial charge is 0.244 e. The maximum atomic E-state index is 12.8. The molecule has 2 aliphatic rings. The lowest BCUT2D eigenvalue weighted by atomic mass is 9.84. The van der Waals surface area contributed by atoms with Gasteiger partial charge in [0.15, 0.2) is 0 Å². The van der Waals surface area contributed by atoms with Gasteiger partial charge in [0.1, 0.15) is 6.54 Å². The van der Waals surface area contributed by atoms with Gasteiger partial charge in [-0.05, 0) is 49.2 Å². The fourth-order valence-electron chi connectivity index (χ4n) is 4.08. The number of hydrogen-bond donors (Lipinski definition) is 1. The van der Waals surface area contributed by atoms with Gasteiger partial charge in [0.2, 0.25) is 17.7 Å². The van der Waals surface area contributed by atoms with E-state index in [0.29, 0.717) is 10.7 Å². The summed E-state index contributed by atoms with van der Waals surface area (Å²) in [4.78, 5) is 40.8. The van der Waals surface area contributed by atoms with Crippen LogP contribution < -0.4 is 5.32 Å². The normalized spacial score (nSPS) is 17.9. The quantitative estimate of drug-likeness (QED) is 0.698. The van der Waals surface area contributed by atoms with Gasteiger partial charge >= 0.3 is 0 Å². The highest BCUT2D eigenvalue weighted by Crippen LogP contribution is 2.46. The molecule has 1 aliphatic heterocycles. The Morgan fingerprint density at radius 3 is 2.48 bits per heavy atom. The summed E-state index contributed by atoms with van der Waals surface area (Å²) in [6.07, 6.45) is 3.66. The molecule has 1 heterocycles. The fraction of sp³-hybridized carbons (Fsp3) is 0.318. The second-order valence-corrected chi connectivity index (χ2v) is 9.10. The van der Waals surface area contributed by atoms with E-state index in [1.54, 1.807) is 0 Å². The van der Waals surface area contributed by atoms with Gasteiger partial charge in [-0.15, -0.1) is 0 Å². The Labute approximate surface area is 178 Å². The lowest BCUT2D eigenvalue weighted by Crippen LogP contribution is -2.39. The average Bonchev–Trinajstić information content (AvgIpc) is 3.26. The maximum absolute atomic E-state index is 12.8. The molecule has 0 aromatic heterocycles. The van der Waals surface area contributed by atoms with E-state index in [-0.39, 0.29) is 30.7 Å². The summed E-state index contributed by atoms with van der Waals surface area (Å²) < 4.78 is 0. The van der Waals surface area contributed by atoms with E-state index in [0.717, 1.165) is 40.4 Å². The summed E-state index contributed by atoms with van der Waals surface area (Å²) in [6, 6.07) is 14.9. The highest BCUT2D eigenvalue weighted by atomic mass is 35.5. The first-order valence-electron chi connectivity index (χ1n) is 9.64. The Morgan fingerprint density at radius 2 is 1.76 bits per heavy atom. The number of halogens is 1. The van der Waals surface area contributed by atoms with Crippen molar-refractivity contribution in [1.82, 2.24) is 4.90 Å². The number of carbonyl (C=O) groups is 3. The van der Waals surface area contributed by atoms with E-state index in [4.69, 9.17) is 11.6 Å². The number of imide groups is 1. The number of benzene rings is 2. The Bertz CT molecular complexity index is 955. The van der Waals surface area contributed by atoms with Crippen LogP contribution in [0.4, 0.5) is 5.69 Å². The summed E-state index contributed by atoms with van der Waals surface area (Å²) in [7, 11) is 0.